The number of oxazole rings is 1. The fourth-order valence-corrected chi connectivity index (χ4v) is 2.06. The zero-order chi connectivity index (χ0) is 11.9. The second kappa shape index (κ2) is 3.78. The molecule has 5 heteroatoms. The lowest BCUT2D eigenvalue weighted by Gasteiger charge is -2.29. The molecule has 0 atom stereocenters. The number of fused-ring (bicyclic) bond motifs is 1. The number of hydrogen-bond donors (Lipinski definition) is 1. The first-order chi connectivity index (χ1) is 8.17. The summed E-state index contributed by atoms with van der Waals surface area (Å²) in [4.78, 5) is 4.28. The van der Waals surface area contributed by atoms with Gasteiger partial charge < -0.3 is 14.9 Å². The van der Waals surface area contributed by atoms with E-state index in [4.69, 9.17) is 14.9 Å². The van der Waals surface area contributed by atoms with Gasteiger partial charge in [-0.1, -0.05) is 0 Å². The van der Waals surface area contributed by atoms with Crippen LogP contribution in [-0.4, -0.2) is 18.2 Å². The number of nitrogens with two attached hydrogens (primary N) is 1. The molecule has 1 aromatic carbocycles. The number of aromatic nitrogens is 1. The first-order valence-electron chi connectivity index (χ1n) is 5.61. The van der Waals surface area contributed by atoms with Crippen molar-refractivity contribution in [2.24, 2.45) is 5.73 Å². The zero-order valence-electron chi connectivity index (χ0n) is 9.28. The van der Waals surface area contributed by atoms with Crippen molar-refractivity contribution in [2.75, 3.05) is 13.2 Å². The van der Waals surface area contributed by atoms with E-state index >= 15 is 0 Å². The van der Waals surface area contributed by atoms with Gasteiger partial charge in [0.2, 0.25) is 5.89 Å². The highest BCUT2D eigenvalue weighted by Crippen LogP contribution is 2.31. The summed E-state index contributed by atoms with van der Waals surface area (Å²) in [6.45, 7) is 1.20. The minimum absolute atomic E-state index is 0.324. The Morgan fingerprint density at radius 1 is 1.29 bits per heavy atom. The number of halogens is 1. The molecule has 0 saturated carbocycles. The van der Waals surface area contributed by atoms with Gasteiger partial charge in [-0.25, -0.2) is 9.37 Å². The van der Waals surface area contributed by atoms with Crippen molar-refractivity contribution in [3.63, 3.8) is 0 Å². The lowest BCUT2D eigenvalue weighted by atomic mass is 9.91. The number of hydrogen-bond acceptors (Lipinski definition) is 4. The normalized spacial score (nSPS) is 19.6. The third kappa shape index (κ3) is 1.81. The van der Waals surface area contributed by atoms with Gasteiger partial charge >= 0.3 is 0 Å². The first-order valence-corrected chi connectivity index (χ1v) is 5.61. The van der Waals surface area contributed by atoms with Crippen molar-refractivity contribution in [1.82, 2.24) is 4.98 Å². The molecule has 4 nitrogen and oxygen atoms in total. The van der Waals surface area contributed by atoms with E-state index in [0.29, 0.717) is 43.0 Å². The van der Waals surface area contributed by atoms with E-state index in [1.165, 1.54) is 12.1 Å². The van der Waals surface area contributed by atoms with Crippen LogP contribution in [0, 0.1) is 5.82 Å². The van der Waals surface area contributed by atoms with Crippen molar-refractivity contribution < 1.29 is 13.5 Å². The molecular formula is C12H13FN2O2. The summed E-state index contributed by atoms with van der Waals surface area (Å²) in [5.41, 5.74) is 6.74. The van der Waals surface area contributed by atoms with Crippen molar-refractivity contribution in [3.05, 3.63) is 29.9 Å². The van der Waals surface area contributed by atoms with E-state index < -0.39 is 5.54 Å². The fourth-order valence-electron chi connectivity index (χ4n) is 2.06. The van der Waals surface area contributed by atoms with Crippen LogP contribution in [0.1, 0.15) is 18.7 Å². The number of rotatable bonds is 1. The Balaban J connectivity index is 2.05. The highest BCUT2D eigenvalue weighted by atomic mass is 19.1. The van der Waals surface area contributed by atoms with E-state index in [0.717, 1.165) is 0 Å². The van der Waals surface area contributed by atoms with E-state index in [2.05, 4.69) is 4.98 Å². The van der Waals surface area contributed by atoms with Gasteiger partial charge in [-0.3, -0.25) is 0 Å². The second-order valence-electron chi connectivity index (χ2n) is 4.40. The average Bonchev–Trinajstić information content (AvgIpc) is 2.73. The van der Waals surface area contributed by atoms with Gasteiger partial charge in [0.25, 0.3) is 0 Å². The molecule has 2 aromatic rings. The molecule has 1 aliphatic heterocycles. The van der Waals surface area contributed by atoms with Crippen LogP contribution in [0.4, 0.5) is 4.39 Å². The van der Waals surface area contributed by atoms with Gasteiger partial charge in [0.1, 0.15) is 11.3 Å². The number of ether oxygens (including phenoxy) is 1. The third-order valence-electron chi connectivity index (χ3n) is 3.16. The van der Waals surface area contributed by atoms with Crippen LogP contribution in [0.3, 0.4) is 0 Å². The van der Waals surface area contributed by atoms with Gasteiger partial charge in [-0.2, -0.15) is 0 Å². The Hall–Kier alpha value is -1.46. The Bertz CT molecular complexity index is 546. The van der Waals surface area contributed by atoms with Crippen LogP contribution < -0.4 is 5.73 Å². The molecule has 0 unspecified atom stereocenters. The van der Waals surface area contributed by atoms with E-state index in [9.17, 15) is 4.39 Å². The Labute approximate surface area is 97.6 Å². The van der Waals surface area contributed by atoms with E-state index in [1.807, 2.05) is 0 Å². The highest BCUT2D eigenvalue weighted by Gasteiger charge is 2.35. The van der Waals surface area contributed by atoms with E-state index in [1.54, 1.807) is 6.07 Å². The molecule has 90 valence electrons. The summed E-state index contributed by atoms with van der Waals surface area (Å²) in [6.07, 6.45) is 1.34. The first kappa shape index (κ1) is 10.7. The van der Waals surface area contributed by atoms with Crippen LogP contribution in [0.5, 0.6) is 0 Å². The Kier molecular flexibility index (Phi) is 2.38. The minimum atomic E-state index is -0.590. The summed E-state index contributed by atoms with van der Waals surface area (Å²) in [5, 5.41) is 0. The Morgan fingerprint density at radius 2 is 2.06 bits per heavy atom. The van der Waals surface area contributed by atoms with Gasteiger partial charge in [-0.05, 0) is 25.0 Å². The summed E-state index contributed by atoms with van der Waals surface area (Å²) in [6, 6.07) is 4.28. The standard InChI is InChI=1S/C12H13FN2O2/c13-8-1-2-10-9(7-8)15-11(17-10)12(14)3-5-16-6-4-12/h1-2,7H,3-6,14H2. The second-order valence-corrected chi connectivity index (χ2v) is 4.40. The average molecular weight is 236 g/mol. The molecule has 1 aromatic heterocycles. The van der Waals surface area contributed by atoms with Crippen molar-refractivity contribution >= 4 is 11.1 Å². The predicted molar refractivity (Wildman–Crippen MR) is 59.9 cm³/mol. The number of benzene rings is 1. The maximum Gasteiger partial charge on any atom is 0.215 e. The van der Waals surface area contributed by atoms with Crippen molar-refractivity contribution in [2.45, 2.75) is 18.4 Å². The molecule has 0 bridgehead atoms. The van der Waals surface area contributed by atoms with Gasteiger partial charge in [0.05, 0.1) is 5.54 Å². The molecule has 17 heavy (non-hydrogen) atoms. The maximum absolute atomic E-state index is 13.1. The molecule has 1 saturated heterocycles. The monoisotopic (exact) mass is 236 g/mol. The number of nitrogens with zero attached hydrogens (tertiary/aromatic N) is 1. The predicted octanol–water partition coefficient (Wildman–Crippen LogP) is 1.93. The molecule has 1 fully saturated rings. The summed E-state index contributed by atoms with van der Waals surface area (Å²) in [5.74, 6) is 0.150. The van der Waals surface area contributed by atoms with Crippen molar-refractivity contribution in [1.29, 1.82) is 0 Å². The zero-order valence-corrected chi connectivity index (χ0v) is 9.28. The molecule has 3 rings (SSSR count). The Morgan fingerprint density at radius 3 is 2.82 bits per heavy atom. The SMILES string of the molecule is NC1(c2nc3cc(F)ccc3o2)CCOCC1. The van der Waals surface area contributed by atoms with Crippen LogP contribution in [0.15, 0.2) is 22.6 Å². The quantitative estimate of drug-likeness (QED) is 0.821. The van der Waals surface area contributed by atoms with Crippen LogP contribution in [0.25, 0.3) is 11.1 Å². The largest absolute Gasteiger partial charge is 0.439 e. The van der Waals surface area contributed by atoms with Gasteiger partial charge in [0.15, 0.2) is 5.58 Å². The smallest absolute Gasteiger partial charge is 0.215 e. The third-order valence-corrected chi connectivity index (χ3v) is 3.16. The van der Waals surface area contributed by atoms with Crippen LogP contribution >= 0.6 is 0 Å². The van der Waals surface area contributed by atoms with E-state index in [-0.39, 0.29) is 5.82 Å². The fraction of sp³-hybridized carbons (Fsp3) is 0.417. The lowest BCUT2D eigenvalue weighted by Crippen LogP contribution is -2.42. The molecule has 2 heterocycles. The minimum Gasteiger partial charge on any atom is -0.439 e. The topological polar surface area (TPSA) is 61.3 Å². The lowest BCUT2D eigenvalue weighted by molar-refractivity contribution is 0.0429. The molecule has 0 aliphatic carbocycles. The van der Waals surface area contributed by atoms with Gasteiger partial charge in [0, 0.05) is 19.3 Å². The summed E-state index contributed by atoms with van der Waals surface area (Å²) < 4.78 is 23.9. The van der Waals surface area contributed by atoms with Crippen LogP contribution in [0.2, 0.25) is 0 Å². The molecule has 0 spiro atoms. The molecular weight excluding hydrogens is 223 g/mol. The highest BCUT2D eigenvalue weighted by molar-refractivity contribution is 5.72. The van der Waals surface area contributed by atoms with Gasteiger partial charge in [-0.15, -0.1) is 0 Å². The van der Waals surface area contributed by atoms with Crippen molar-refractivity contribution in [3.8, 4) is 0 Å². The molecule has 0 radical (unpaired) electrons. The van der Waals surface area contributed by atoms with Crippen LogP contribution in [-0.2, 0) is 10.3 Å². The molecule has 0 amide bonds. The molecule has 2 N–H and O–H groups in total. The summed E-state index contributed by atoms with van der Waals surface area (Å²) >= 11 is 0. The summed E-state index contributed by atoms with van der Waals surface area (Å²) in [7, 11) is 0. The molecule has 1 aliphatic rings. The maximum atomic E-state index is 13.1.